The molecule has 0 aromatic heterocycles. The number of anilines is 1. The van der Waals surface area contributed by atoms with E-state index in [-0.39, 0.29) is 5.91 Å². The summed E-state index contributed by atoms with van der Waals surface area (Å²) in [4.78, 5) is 11.9. The number of hydrogen-bond donors (Lipinski definition) is 2. The summed E-state index contributed by atoms with van der Waals surface area (Å²) in [6.07, 6.45) is 3.56. The largest absolute Gasteiger partial charge is 0.330 e. The molecule has 0 fully saturated rings. The van der Waals surface area contributed by atoms with Crippen molar-refractivity contribution in [3.8, 4) is 0 Å². The molecule has 1 amide bonds. The van der Waals surface area contributed by atoms with Gasteiger partial charge in [-0.15, -0.1) is 0 Å². The maximum atomic E-state index is 11.9. The van der Waals surface area contributed by atoms with Crippen molar-refractivity contribution in [2.24, 2.45) is 11.7 Å². The van der Waals surface area contributed by atoms with Crippen molar-refractivity contribution < 1.29 is 4.79 Å². The van der Waals surface area contributed by atoms with E-state index in [2.05, 4.69) is 28.2 Å². The monoisotopic (exact) mass is 326 g/mol. The van der Waals surface area contributed by atoms with Crippen LogP contribution in [0.1, 0.15) is 38.2 Å². The first-order valence-electron chi connectivity index (χ1n) is 6.82. The van der Waals surface area contributed by atoms with Crippen LogP contribution >= 0.6 is 15.9 Å². The Bertz CT molecular complexity index is 421. The van der Waals surface area contributed by atoms with E-state index in [0.29, 0.717) is 18.9 Å². The van der Waals surface area contributed by atoms with Gasteiger partial charge in [0, 0.05) is 16.6 Å². The van der Waals surface area contributed by atoms with Gasteiger partial charge in [-0.3, -0.25) is 4.79 Å². The molecular weight excluding hydrogens is 304 g/mol. The second kappa shape index (κ2) is 8.33. The summed E-state index contributed by atoms with van der Waals surface area (Å²) in [5.74, 6) is 0.639. The number of nitrogens with two attached hydrogens (primary N) is 1. The molecular formula is C15H23BrN2O. The normalized spacial score (nSPS) is 12.2. The molecule has 1 unspecified atom stereocenters. The summed E-state index contributed by atoms with van der Waals surface area (Å²) in [5.41, 5.74) is 7.54. The Morgan fingerprint density at radius 1 is 1.42 bits per heavy atom. The lowest BCUT2D eigenvalue weighted by molar-refractivity contribution is -0.116. The molecule has 4 heteroatoms. The summed E-state index contributed by atoms with van der Waals surface area (Å²) in [7, 11) is 0. The number of benzene rings is 1. The smallest absolute Gasteiger partial charge is 0.224 e. The SMILES string of the molecule is CCC(CCN)CCC(=O)Nc1ccc(Br)c(C)c1. The zero-order valence-electron chi connectivity index (χ0n) is 11.7. The summed E-state index contributed by atoms with van der Waals surface area (Å²) in [6.45, 7) is 4.86. The Morgan fingerprint density at radius 3 is 2.74 bits per heavy atom. The fourth-order valence-corrected chi connectivity index (χ4v) is 2.32. The Morgan fingerprint density at radius 2 is 2.16 bits per heavy atom. The highest BCUT2D eigenvalue weighted by Crippen LogP contribution is 2.21. The van der Waals surface area contributed by atoms with Gasteiger partial charge >= 0.3 is 0 Å². The molecule has 0 spiro atoms. The molecule has 19 heavy (non-hydrogen) atoms. The van der Waals surface area contributed by atoms with Crippen molar-refractivity contribution in [1.82, 2.24) is 0 Å². The van der Waals surface area contributed by atoms with E-state index in [0.717, 1.165) is 35.0 Å². The number of carbonyl (C=O) groups excluding carboxylic acids is 1. The highest BCUT2D eigenvalue weighted by molar-refractivity contribution is 9.10. The van der Waals surface area contributed by atoms with Crippen LogP contribution in [0.2, 0.25) is 0 Å². The number of amides is 1. The summed E-state index contributed by atoms with van der Waals surface area (Å²) >= 11 is 3.45. The molecule has 106 valence electrons. The van der Waals surface area contributed by atoms with Gasteiger partial charge in [-0.05, 0) is 56.0 Å². The van der Waals surface area contributed by atoms with E-state index in [1.807, 2.05) is 25.1 Å². The van der Waals surface area contributed by atoms with Crippen molar-refractivity contribution in [2.45, 2.75) is 39.5 Å². The third-order valence-corrected chi connectivity index (χ3v) is 4.26. The highest BCUT2D eigenvalue weighted by atomic mass is 79.9. The molecule has 0 aliphatic carbocycles. The number of rotatable bonds is 7. The quantitative estimate of drug-likeness (QED) is 0.799. The Labute approximate surface area is 124 Å². The number of nitrogens with one attached hydrogen (secondary N) is 1. The minimum atomic E-state index is 0.0807. The maximum Gasteiger partial charge on any atom is 0.224 e. The first-order chi connectivity index (χ1) is 9.06. The number of aryl methyl sites for hydroxylation is 1. The van der Waals surface area contributed by atoms with Gasteiger partial charge in [0.1, 0.15) is 0 Å². The van der Waals surface area contributed by atoms with E-state index in [1.54, 1.807) is 0 Å². The van der Waals surface area contributed by atoms with Gasteiger partial charge in [0.05, 0.1) is 0 Å². The van der Waals surface area contributed by atoms with E-state index >= 15 is 0 Å². The Hall–Kier alpha value is -0.870. The third-order valence-electron chi connectivity index (χ3n) is 3.37. The van der Waals surface area contributed by atoms with Crippen LogP contribution in [-0.4, -0.2) is 12.5 Å². The summed E-state index contributed by atoms with van der Waals surface area (Å²) in [5, 5.41) is 2.94. The lowest BCUT2D eigenvalue weighted by atomic mass is 9.96. The zero-order chi connectivity index (χ0) is 14.3. The fourth-order valence-electron chi connectivity index (χ4n) is 2.07. The van der Waals surface area contributed by atoms with Gasteiger partial charge < -0.3 is 11.1 Å². The summed E-state index contributed by atoms with van der Waals surface area (Å²) < 4.78 is 1.06. The lowest BCUT2D eigenvalue weighted by Crippen LogP contribution is -2.15. The molecule has 1 aromatic carbocycles. The zero-order valence-corrected chi connectivity index (χ0v) is 13.3. The van der Waals surface area contributed by atoms with Crippen LogP contribution in [0.5, 0.6) is 0 Å². The lowest BCUT2D eigenvalue weighted by Gasteiger charge is -2.13. The van der Waals surface area contributed by atoms with E-state index in [4.69, 9.17) is 5.73 Å². The topological polar surface area (TPSA) is 55.1 Å². The van der Waals surface area contributed by atoms with Gasteiger partial charge in [-0.1, -0.05) is 29.3 Å². The van der Waals surface area contributed by atoms with E-state index in [1.165, 1.54) is 0 Å². The van der Waals surface area contributed by atoms with Crippen LogP contribution in [0.3, 0.4) is 0 Å². The fraction of sp³-hybridized carbons (Fsp3) is 0.533. The molecule has 1 aromatic rings. The van der Waals surface area contributed by atoms with Gasteiger partial charge in [-0.2, -0.15) is 0 Å². The van der Waals surface area contributed by atoms with Crippen LogP contribution < -0.4 is 11.1 Å². The minimum absolute atomic E-state index is 0.0807. The van der Waals surface area contributed by atoms with Crippen molar-refractivity contribution in [1.29, 1.82) is 0 Å². The molecule has 0 heterocycles. The molecule has 1 atom stereocenters. The first kappa shape index (κ1) is 16.2. The highest BCUT2D eigenvalue weighted by Gasteiger charge is 2.09. The van der Waals surface area contributed by atoms with Gasteiger partial charge in [0.2, 0.25) is 5.91 Å². The minimum Gasteiger partial charge on any atom is -0.330 e. The molecule has 3 N–H and O–H groups in total. The third kappa shape index (κ3) is 5.74. The average molecular weight is 327 g/mol. The van der Waals surface area contributed by atoms with Gasteiger partial charge in [-0.25, -0.2) is 0 Å². The maximum absolute atomic E-state index is 11.9. The van der Waals surface area contributed by atoms with E-state index < -0.39 is 0 Å². The van der Waals surface area contributed by atoms with Crippen LogP contribution in [0.15, 0.2) is 22.7 Å². The molecule has 0 saturated carbocycles. The molecule has 0 aliphatic rings. The van der Waals surface area contributed by atoms with Crippen LogP contribution in [0.4, 0.5) is 5.69 Å². The number of carbonyl (C=O) groups is 1. The first-order valence-corrected chi connectivity index (χ1v) is 7.62. The molecule has 3 nitrogen and oxygen atoms in total. The van der Waals surface area contributed by atoms with Crippen molar-refractivity contribution >= 4 is 27.5 Å². The van der Waals surface area contributed by atoms with Crippen molar-refractivity contribution in [3.05, 3.63) is 28.2 Å². The second-order valence-electron chi connectivity index (χ2n) is 4.90. The standard InChI is InChI=1S/C15H23BrN2O/c1-3-12(8-9-17)4-7-15(19)18-13-5-6-14(16)11(2)10-13/h5-6,10,12H,3-4,7-9,17H2,1-2H3,(H,18,19). The summed E-state index contributed by atoms with van der Waals surface area (Å²) in [6, 6.07) is 5.83. The van der Waals surface area contributed by atoms with E-state index in [9.17, 15) is 4.79 Å². The van der Waals surface area contributed by atoms with Gasteiger partial charge in [0.15, 0.2) is 0 Å². The second-order valence-corrected chi connectivity index (χ2v) is 5.76. The molecule has 1 rings (SSSR count). The van der Waals surface area contributed by atoms with Crippen molar-refractivity contribution in [3.63, 3.8) is 0 Å². The number of hydrogen-bond acceptors (Lipinski definition) is 2. The van der Waals surface area contributed by atoms with Crippen molar-refractivity contribution in [2.75, 3.05) is 11.9 Å². The predicted molar refractivity (Wildman–Crippen MR) is 84.2 cm³/mol. The van der Waals surface area contributed by atoms with Gasteiger partial charge in [0.25, 0.3) is 0 Å². The number of halogens is 1. The molecule has 0 bridgehead atoms. The predicted octanol–water partition coefficient (Wildman–Crippen LogP) is 3.85. The average Bonchev–Trinajstić information content (AvgIpc) is 2.39. The Kier molecular flexibility index (Phi) is 7.10. The van der Waals surface area contributed by atoms with Crippen LogP contribution in [0, 0.1) is 12.8 Å². The molecule has 0 radical (unpaired) electrons. The molecule has 0 saturated heterocycles. The Balaban J connectivity index is 2.44. The van der Waals surface area contributed by atoms with Crippen LogP contribution in [-0.2, 0) is 4.79 Å². The van der Waals surface area contributed by atoms with Crippen LogP contribution in [0.25, 0.3) is 0 Å². The molecule has 0 aliphatic heterocycles.